The smallest absolute Gasteiger partial charge is 0.315 e. The third-order valence-electron chi connectivity index (χ3n) is 2.86. The van der Waals surface area contributed by atoms with Crippen LogP contribution < -0.4 is 0 Å². The maximum Gasteiger partial charge on any atom is 0.315 e. The highest BCUT2D eigenvalue weighted by Crippen LogP contribution is 2.25. The Labute approximate surface area is 102 Å². The third kappa shape index (κ3) is 3.30. The van der Waals surface area contributed by atoms with Gasteiger partial charge in [0.2, 0.25) is 0 Å². The molecule has 0 saturated heterocycles. The van der Waals surface area contributed by atoms with Gasteiger partial charge in [0.25, 0.3) is 0 Å². The second-order valence-electron chi connectivity index (χ2n) is 4.52. The standard InChI is InChI=1S/C14H20O3/c1-4-17-13(16)14(2,3)12-7-5-11(6-8-12)9-10-15/h5-8,15H,4,9-10H2,1-3H3. The fraction of sp³-hybridized carbons (Fsp3) is 0.500. The van der Waals surface area contributed by atoms with Crippen molar-refractivity contribution in [2.45, 2.75) is 32.6 Å². The molecule has 0 heterocycles. The molecular weight excluding hydrogens is 216 g/mol. The van der Waals surface area contributed by atoms with Crippen LogP contribution in [0.5, 0.6) is 0 Å². The predicted molar refractivity (Wildman–Crippen MR) is 66.9 cm³/mol. The molecule has 3 heteroatoms. The molecule has 0 aliphatic rings. The highest BCUT2D eigenvalue weighted by molar-refractivity contribution is 5.82. The van der Waals surface area contributed by atoms with Gasteiger partial charge in [-0.3, -0.25) is 4.79 Å². The normalized spacial score (nSPS) is 11.3. The highest BCUT2D eigenvalue weighted by Gasteiger charge is 2.31. The van der Waals surface area contributed by atoms with Gasteiger partial charge >= 0.3 is 5.97 Å². The number of rotatable bonds is 5. The van der Waals surface area contributed by atoms with Gasteiger partial charge in [0.15, 0.2) is 0 Å². The van der Waals surface area contributed by atoms with E-state index in [9.17, 15) is 4.79 Å². The van der Waals surface area contributed by atoms with Crippen LogP contribution >= 0.6 is 0 Å². The number of esters is 1. The van der Waals surface area contributed by atoms with E-state index >= 15 is 0 Å². The molecule has 1 rings (SSSR count). The van der Waals surface area contributed by atoms with Crippen molar-refractivity contribution >= 4 is 5.97 Å². The molecule has 0 amide bonds. The minimum Gasteiger partial charge on any atom is -0.465 e. The summed E-state index contributed by atoms with van der Waals surface area (Å²) in [6.45, 7) is 6.04. The van der Waals surface area contributed by atoms with Gasteiger partial charge in [-0.1, -0.05) is 24.3 Å². The summed E-state index contributed by atoms with van der Waals surface area (Å²) in [5, 5.41) is 8.83. The first-order valence-corrected chi connectivity index (χ1v) is 5.90. The lowest BCUT2D eigenvalue weighted by molar-refractivity contribution is -0.148. The number of ether oxygens (including phenoxy) is 1. The summed E-state index contributed by atoms with van der Waals surface area (Å²) >= 11 is 0. The second-order valence-corrected chi connectivity index (χ2v) is 4.52. The molecule has 0 aliphatic heterocycles. The Hall–Kier alpha value is -1.35. The molecule has 0 radical (unpaired) electrons. The predicted octanol–water partition coefficient (Wildman–Crippen LogP) is 2.06. The number of carbonyl (C=O) groups is 1. The molecular formula is C14H20O3. The van der Waals surface area contributed by atoms with Crippen molar-refractivity contribution in [2.75, 3.05) is 13.2 Å². The summed E-state index contributed by atoms with van der Waals surface area (Å²) in [5.41, 5.74) is 1.36. The quantitative estimate of drug-likeness (QED) is 0.796. The fourth-order valence-electron chi connectivity index (χ4n) is 1.65. The van der Waals surface area contributed by atoms with Gasteiger partial charge in [0.05, 0.1) is 12.0 Å². The molecule has 17 heavy (non-hydrogen) atoms. The summed E-state index contributed by atoms with van der Waals surface area (Å²) in [4.78, 5) is 11.8. The number of aliphatic hydroxyl groups excluding tert-OH is 1. The van der Waals surface area contributed by atoms with Crippen LogP contribution in [0.15, 0.2) is 24.3 Å². The maximum atomic E-state index is 11.8. The number of aliphatic hydroxyl groups is 1. The molecule has 1 aromatic carbocycles. The Balaban J connectivity index is 2.87. The van der Waals surface area contributed by atoms with E-state index in [2.05, 4.69) is 0 Å². The lowest BCUT2D eigenvalue weighted by atomic mass is 9.84. The third-order valence-corrected chi connectivity index (χ3v) is 2.86. The summed E-state index contributed by atoms with van der Waals surface area (Å²) in [6, 6.07) is 7.71. The number of hydrogen-bond donors (Lipinski definition) is 1. The van der Waals surface area contributed by atoms with Crippen LogP contribution in [-0.4, -0.2) is 24.3 Å². The van der Waals surface area contributed by atoms with Gasteiger partial charge in [0, 0.05) is 6.61 Å². The Bertz CT molecular complexity index is 366. The monoisotopic (exact) mass is 236 g/mol. The van der Waals surface area contributed by atoms with E-state index in [1.807, 2.05) is 38.1 Å². The van der Waals surface area contributed by atoms with Crippen LogP contribution in [-0.2, 0) is 21.4 Å². The summed E-state index contributed by atoms with van der Waals surface area (Å²) in [6.07, 6.45) is 0.639. The molecule has 1 aromatic rings. The number of carbonyl (C=O) groups excluding carboxylic acids is 1. The van der Waals surface area contributed by atoms with Gasteiger partial charge in [-0.15, -0.1) is 0 Å². The molecule has 0 bridgehead atoms. The first-order chi connectivity index (χ1) is 8.02. The zero-order chi connectivity index (χ0) is 12.9. The van der Waals surface area contributed by atoms with E-state index < -0.39 is 5.41 Å². The van der Waals surface area contributed by atoms with Crippen molar-refractivity contribution in [3.05, 3.63) is 35.4 Å². The van der Waals surface area contributed by atoms with Gasteiger partial charge < -0.3 is 9.84 Å². The summed E-state index contributed by atoms with van der Waals surface area (Å²) in [7, 11) is 0. The molecule has 3 nitrogen and oxygen atoms in total. The summed E-state index contributed by atoms with van der Waals surface area (Å²) in [5.74, 6) is -0.213. The average Bonchev–Trinajstić information content (AvgIpc) is 2.30. The first kappa shape index (κ1) is 13.7. The van der Waals surface area contributed by atoms with E-state index in [1.165, 1.54) is 0 Å². The van der Waals surface area contributed by atoms with Crippen molar-refractivity contribution < 1.29 is 14.6 Å². The van der Waals surface area contributed by atoms with Gasteiger partial charge in [-0.2, -0.15) is 0 Å². The molecule has 0 aromatic heterocycles. The van der Waals surface area contributed by atoms with E-state index in [-0.39, 0.29) is 12.6 Å². The van der Waals surface area contributed by atoms with E-state index in [0.29, 0.717) is 13.0 Å². The minimum absolute atomic E-state index is 0.139. The Kier molecular flexibility index (Phi) is 4.70. The molecule has 0 aliphatic carbocycles. The van der Waals surface area contributed by atoms with E-state index in [1.54, 1.807) is 6.92 Å². The van der Waals surface area contributed by atoms with Crippen LogP contribution in [0.1, 0.15) is 31.9 Å². The molecule has 0 fully saturated rings. The highest BCUT2D eigenvalue weighted by atomic mass is 16.5. The van der Waals surface area contributed by atoms with Crippen LogP contribution in [0.4, 0.5) is 0 Å². The van der Waals surface area contributed by atoms with Gasteiger partial charge in [-0.25, -0.2) is 0 Å². The zero-order valence-corrected chi connectivity index (χ0v) is 10.7. The van der Waals surface area contributed by atoms with E-state index in [4.69, 9.17) is 9.84 Å². The maximum absolute atomic E-state index is 11.8. The number of benzene rings is 1. The molecule has 0 spiro atoms. The first-order valence-electron chi connectivity index (χ1n) is 5.90. The lowest BCUT2D eigenvalue weighted by Crippen LogP contribution is -2.31. The molecule has 0 saturated carbocycles. The van der Waals surface area contributed by atoms with Gasteiger partial charge in [-0.05, 0) is 38.3 Å². The van der Waals surface area contributed by atoms with Crippen molar-refractivity contribution in [1.29, 1.82) is 0 Å². The molecule has 0 atom stereocenters. The lowest BCUT2D eigenvalue weighted by Gasteiger charge is -2.23. The average molecular weight is 236 g/mol. The number of hydrogen-bond acceptors (Lipinski definition) is 3. The Morgan fingerprint density at radius 1 is 1.29 bits per heavy atom. The van der Waals surface area contributed by atoms with Crippen molar-refractivity contribution in [1.82, 2.24) is 0 Å². The SMILES string of the molecule is CCOC(=O)C(C)(C)c1ccc(CCO)cc1. The molecule has 1 N–H and O–H groups in total. The Morgan fingerprint density at radius 3 is 2.35 bits per heavy atom. The largest absolute Gasteiger partial charge is 0.465 e. The minimum atomic E-state index is -0.631. The van der Waals surface area contributed by atoms with Crippen molar-refractivity contribution in [3.8, 4) is 0 Å². The van der Waals surface area contributed by atoms with Crippen molar-refractivity contribution in [3.63, 3.8) is 0 Å². The molecule has 94 valence electrons. The molecule has 0 unspecified atom stereocenters. The van der Waals surface area contributed by atoms with Crippen LogP contribution in [0, 0.1) is 0 Å². The van der Waals surface area contributed by atoms with E-state index in [0.717, 1.165) is 11.1 Å². The Morgan fingerprint density at radius 2 is 1.88 bits per heavy atom. The van der Waals surface area contributed by atoms with Crippen LogP contribution in [0.3, 0.4) is 0 Å². The van der Waals surface area contributed by atoms with Crippen LogP contribution in [0.25, 0.3) is 0 Å². The van der Waals surface area contributed by atoms with Gasteiger partial charge in [0.1, 0.15) is 0 Å². The topological polar surface area (TPSA) is 46.5 Å². The fourth-order valence-corrected chi connectivity index (χ4v) is 1.65. The summed E-state index contributed by atoms with van der Waals surface area (Å²) < 4.78 is 5.06. The van der Waals surface area contributed by atoms with Crippen LogP contribution in [0.2, 0.25) is 0 Å². The van der Waals surface area contributed by atoms with Crippen molar-refractivity contribution in [2.24, 2.45) is 0 Å². The zero-order valence-electron chi connectivity index (χ0n) is 10.7. The second kappa shape index (κ2) is 5.82.